The maximum atomic E-state index is 12.2. The van der Waals surface area contributed by atoms with Gasteiger partial charge in [0, 0.05) is 11.8 Å². The summed E-state index contributed by atoms with van der Waals surface area (Å²) in [5, 5.41) is 0. The molecule has 0 saturated carbocycles. The molecular formula is C16H24O. The van der Waals surface area contributed by atoms with Gasteiger partial charge in [0.05, 0.1) is 0 Å². The second-order valence-electron chi connectivity index (χ2n) is 5.43. The van der Waals surface area contributed by atoms with Crippen molar-refractivity contribution in [1.29, 1.82) is 0 Å². The number of rotatable bonds is 7. The molecule has 0 heterocycles. The molecule has 0 bridgehead atoms. The zero-order valence-corrected chi connectivity index (χ0v) is 11.3. The van der Waals surface area contributed by atoms with Crippen LogP contribution in [0.15, 0.2) is 30.3 Å². The number of Topliss-reactive ketones (excluding diaryl/α,β-unsaturated/α-hetero) is 1. The van der Waals surface area contributed by atoms with Crippen molar-refractivity contribution < 1.29 is 4.79 Å². The molecule has 0 radical (unpaired) electrons. The second-order valence-corrected chi connectivity index (χ2v) is 5.43. The van der Waals surface area contributed by atoms with E-state index in [-0.39, 0.29) is 5.41 Å². The molecule has 0 unspecified atom stereocenters. The molecule has 0 saturated heterocycles. The van der Waals surface area contributed by atoms with E-state index in [1.54, 1.807) is 0 Å². The number of carbonyl (C=O) groups is 1. The fourth-order valence-electron chi connectivity index (χ4n) is 1.98. The second kappa shape index (κ2) is 6.58. The highest BCUT2D eigenvalue weighted by Crippen LogP contribution is 2.26. The summed E-state index contributed by atoms with van der Waals surface area (Å²) in [6.07, 6.45) is 5.17. The molecule has 17 heavy (non-hydrogen) atoms. The Labute approximate surface area is 105 Å². The number of ketones is 1. The van der Waals surface area contributed by atoms with Crippen molar-refractivity contribution in [2.75, 3.05) is 0 Å². The van der Waals surface area contributed by atoms with E-state index >= 15 is 0 Å². The maximum absolute atomic E-state index is 12.2. The van der Waals surface area contributed by atoms with Gasteiger partial charge in [-0.05, 0) is 12.0 Å². The Morgan fingerprint density at radius 2 is 1.76 bits per heavy atom. The van der Waals surface area contributed by atoms with Crippen LogP contribution >= 0.6 is 0 Å². The Balaban J connectivity index is 2.51. The van der Waals surface area contributed by atoms with E-state index in [0.29, 0.717) is 12.2 Å². The molecular weight excluding hydrogens is 208 g/mol. The van der Waals surface area contributed by atoms with Crippen LogP contribution in [0.5, 0.6) is 0 Å². The van der Waals surface area contributed by atoms with Gasteiger partial charge in [-0.2, -0.15) is 0 Å². The molecule has 1 aromatic rings. The topological polar surface area (TPSA) is 17.1 Å². The lowest BCUT2D eigenvalue weighted by atomic mass is 9.80. The Bertz CT molecular complexity index is 338. The van der Waals surface area contributed by atoms with Gasteiger partial charge in [-0.3, -0.25) is 4.79 Å². The van der Waals surface area contributed by atoms with Crippen molar-refractivity contribution in [3.8, 4) is 0 Å². The van der Waals surface area contributed by atoms with Crippen LogP contribution in [0.1, 0.15) is 52.0 Å². The lowest BCUT2D eigenvalue weighted by molar-refractivity contribution is -0.126. The van der Waals surface area contributed by atoms with Crippen LogP contribution in [-0.2, 0) is 11.2 Å². The van der Waals surface area contributed by atoms with Crippen LogP contribution in [-0.4, -0.2) is 5.78 Å². The van der Waals surface area contributed by atoms with Crippen molar-refractivity contribution in [2.45, 2.75) is 52.9 Å². The first-order valence-corrected chi connectivity index (χ1v) is 6.63. The van der Waals surface area contributed by atoms with Gasteiger partial charge in [-0.1, -0.05) is 70.4 Å². The fourth-order valence-corrected chi connectivity index (χ4v) is 1.98. The molecule has 0 spiro atoms. The first kappa shape index (κ1) is 14.0. The van der Waals surface area contributed by atoms with Crippen molar-refractivity contribution in [2.24, 2.45) is 5.41 Å². The molecule has 0 aliphatic heterocycles. The molecule has 0 amide bonds. The number of hydrogen-bond acceptors (Lipinski definition) is 1. The van der Waals surface area contributed by atoms with E-state index < -0.39 is 0 Å². The minimum absolute atomic E-state index is 0.176. The summed E-state index contributed by atoms with van der Waals surface area (Å²) in [4.78, 5) is 12.2. The third-order valence-corrected chi connectivity index (χ3v) is 3.37. The summed E-state index contributed by atoms with van der Waals surface area (Å²) >= 11 is 0. The zero-order chi connectivity index (χ0) is 12.7. The standard InChI is InChI=1S/C16H24O/c1-4-5-9-12-16(2,3)15(17)13-14-10-7-6-8-11-14/h6-8,10-11H,4-5,9,12-13H2,1-3H3. The summed E-state index contributed by atoms with van der Waals surface area (Å²) in [7, 11) is 0. The summed E-state index contributed by atoms with van der Waals surface area (Å²) in [6, 6.07) is 10.0. The van der Waals surface area contributed by atoms with E-state index in [1.807, 2.05) is 30.3 Å². The van der Waals surface area contributed by atoms with Gasteiger partial charge >= 0.3 is 0 Å². The van der Waals surface area contributed by atoms with E-state index in [0.717, 1.165) is 18.4 Å². The molecule has 1 heteroatoms. The van der Waals surface area contributed by atoms with Crippen LogP contribution in [0.25, 0.3) is 0 Å². The SMILES string of the molecule is CCCCCC(C)(C)C(=O)Cc1ccccc1. The highest BCUT2D eigenvalue weighted by atomic mass is 16.1. The minimum Gasteiger partial charge on any atom is -0.299 e. The third kappa shape index (κ3) is 4.72. The van der Waals surface area contributed by atoms with Gasteiger partial charge in [-0.25, -0.2) is 0 Å². The molecule has 94 valence electrons. The first-order chi connectivity index (χ1) is 8.06. The molecule has 0 aliphatic rings. The highest BCUT2D eigenvalue weighted by molar-refractivity contribution is 5.86. The monoisotopic (exact) mass is 232 g/mol. The van der Waals surface area contributed by atoms with Gasteiger partial charge in [-0.15, -0.1) is 0 Å². The average molecular weight is 232 g/mol. The minimum atomic E-state index is -0.176. The fraction of sp³-hybridized carbons (Fsp3) is 0.562. The Kier molecular flexibility index (Phi) is 5.40. The van der Waals surface area contributed by atoms with Crippen molar-refractivity contribution in [1.82, 2.24) is 0 Å². The van der Waals surface area contributed by atoms with E-state index in [9.17, 15) is 4.79 Å². The third-order valence-electron chi connectivity index (χ3n) is 3.37. The van der Waals surface area contributed by atoms with Crippen LogP contribution in [0.4, 0.5) is 0 Å². The predicted molar refractivity (Wildman–Crippen MR) is 73.1 cm³/mol. The van der Waals surface area contributed by atoms with Crippen LogP contribution in [0.2, 0.25) is 0 Å². The molecule has 0 aromatic heterocycles. The Morgan fingerprint density at radius 1 is 1.12 bits per heavy atom. The Hall–Kier alpha value is -1.11. The predicted octanol–water partition coefficient (Wildman–Crippen LogP) is 4.40. The van der Waals surface area contributed by atoms with E-state index in [1.165, 1.54) is 12.8 Å². The van der Waals surface area contributed by atoms with Gasteiger partial charge < -0.3 is 0 Å². The van der Waals surface area contributed by atoms with E-state index in [4.69, 9.17) is 0 Å². The molecule has 1 nitrogen and oxygen atoms in total. The van der Waals surface area contributed by atoms with Crippen molar-refractivity contribution in [3.63, 3.8) is 0 Å². The zero-order valence-electron chi connectivity index (χ0n) is 11.3. The number of hydrogen-bond donors (Lipinski definition) is 0. The van der Waals surface area contributed by atoms with Crippen LogP contribution < -0.4 is 0 Å². The molecule has 0 aliphatic carbocycles. The van der Waals surface area contributed by atoms with Crippen molar-refractivity contribution >= 4 is 5.78 Å². The van der Waals surface area contributed by atoms with Crippen LogP contribution in [0, 0.1) is 5.41 Å². The summed E-state index contributed by atoms with van der Waals surface area (Å²) in [6.45, 7) is 6.35. The summed E-state index contributed by atoms with van der Waals surface area (Å²) in [5.74, 6) is 0.361. The largest absolute Gasteiger partial charge is 0.299 e. The summed E-state index contributed by atoms with van der Waals surface area (Å²) < 4.78 is 0. The lowest BCUT2D eigenvalue weighted by Gasteiger charge is -2.23. The molecule has 0 atom stereocenters. The maximum Gasteiger partial charge on any atom is 0.142 e. The molecule has 1 aromatic carbocycles. The quantitative estimate of drug-likeness (QED) is 0.637. The average Bonchev–Trinajstić information content (AvgIpc) is 2.30. The highest BCUT2D eigenvalue weighted by Gasteiger charge is 2.26. The van der Waals surface area contributed by atoms with Gasteiger partial charge in [0.15, 0.2) is 0 Å². The number of carbonyl (C=O) groups excluding carboxylic acids is 1. The Morgan fingerprint density at radius 3 is 2.35 bits per heavy atom. The summed E-state index contributed by atoms with van der Waals surface area (Å²) in [5.41, 5.74) is 0.950. The number of benzene rings is 1. The lowest BCUT2D eigenvalue weighted by Crippen LogP contribution is -2.25. The first-order valence-electron chi connectivity index (χ1n) is 6.63. The van der Waals surface area contributed by atoms with E-state index in [2.05, 4.69) is 20.8 Å². The molecule has 0 fully saturated rings. The van der Waals surface area contributed by atoms with Gasteiger partial charge in [0.1, 0.15) is 5.78 Å². The van der Waals surface area contributed by atoms with Gasteiger partial charge in [0.2, 0.25) is 0 Å². The number of unbranched alkanes of at least 4 members (excludes halogenated alkanes) is 2. The van der Waals surface area contributed by atoms with Crippen LogP contribution in [0.3, 0.4) is 0 Å². The normalized spacial score (nSPS) is 11.5. The smallest absolute Gasteiger partial charge is 0.142 e. The molecule has 1 rings (SSSR count). The molecule has 0 N–H and O–H groups in total. The van der Waals surface area contributed by atoms with Crippen molar-refractivity contribution in [3.05, 3.63) is 35.9 Å². The van der Waals surface area contributed by atoms with Gasteiger partial charge in [0.25, 0.3) is 0 Å².